The number of hydrogen-bond acceptors (Lipinski definition) is 7. The van der Waals surface area contributed by atoms with E-state index in [1.807, 2.05) is 13.8 Å². The van der Waals surface area contributed by atoms with Crippen molar-refractivity contribution in [1.29, 1.82) is 0 Å². The number of carbonyl (C=O) groups excluding carboxylic acids is 1. The maximum Gasteiger partial charge on any atom is 0.490 e. The highest BCUT2D eigenvalue weighted by atomic mass is 33.1. The van der Waals surface area contributed by atoms with E-state index in [1.54, 1.807) is 10.8 Å². The lowest BCUT2D eigenvalue weighted by molar-refractivity contribution is -0.192. The van der Waals surface area contributed by atoms with Crippen LogP contribution in [0.4, 0.5) is 13.2 Å². The van der Waals surface area contributed by atoms with Gasteiger partial charge in [0.1, 0.15) is 6.10 Å². The van der Waals surface area contributed by atoms with Gasteiger partial charge in [0.15, 0.2) is 5.71 Å². The molecule has 2 atom stereocenters. The Bertz CT molecular complexity index is 530. The van der Waals surface area contributed by atoms with Crippen LogP contribution in [-0.4, -0.2) is 64.1 Å². The van der Waals surface area contributed by atoms with Crippen molar-refractivity contribution >= 4 is 45.1 Å². The van der Waals surface area contributed by atoms with Crippen LogP contribution in [0.5, 0.6) is 0 Å². The molecule has 0 bridgehead atoms. The number of carboxylic acids is 2. The van der Waals surface area contributed by atoms with E-state index in [1.165, 1.54) is 10.8 Å². The summed E-state index contributed by atoms with van der Waals surface area (Å²) >= 11 is 0. The lowest BCUT2D eigenvalue weighted by Gasteiger charge is -2.09. The molecule has 3 N–H and O–H groups in total. The minimum Gasteiger partial charge on any atom is -0.481 e. The summed E-state index contributed by atoms with van der Waals surface area (Å²) in [5.74, 6) is -2.42. The first-order valence-electron chi connectivity index (χ1n) is 7.25. The van der Waals surface area contributed by atoms with Gasteiger partial charge in [0.25, 0.3) is 5.91 Å². The first kappa shape index (κ1) is 24.4. The van der Waals surface area contributed by atoms with Crippen LogP contribution in [0, 0.1) is 5.92 Å². The normalized spacial score (nSPS) is 18.9. The molecule has 0 aliphatic carbocycles. The van der Waals surface area contributed by atoms with Crippen molar-refractivity contribution in [2.75, 3.05) is 18.1 Å². The van der Waals surface area contributed by atoms with Gasteiger partial charge in [-0.2, -0.15) is 13.2 Å². The topological polar surface area (TPSA) is 125 Å². The first-order chi connectivity index (χ1) is 12.0. The Hall–Kier alpha value is -1.63. The predicted molar refractivity (Wildman–Crippen MR) is 91.0 cm³/mol. The van der Waals surface area contributed by atoms with Crippen molar-refractivity contribution < 1.29 is 42.6 Å². The minimum atomic E-state index is -5.08. The molecular formula is C13H19F3N2O6S2. The fourth-order valence-electron chi connectivity index (χ4n) is 1.33. The van der Waals surface area contributed by atoms with Crippen LogP contribution < -0.4 is 5.32 Å². The second-order valence-electron chi connectivity index (χ2n) is 4.92. The Morgan fingerprint density at radius 3 is 2.15 bits per heavy atom. The largest absolute Gasteiger partial charge is 0.490 e. The second kappa shape index (κ2) is 11.9. The lowest BCUT2D eigenvalue weighted by atomic mass is 10.0. The molecule has 0 aromatic carbocycles. The van der Waals surface area contributed by atoms with Crippen LogP contribution in [0.15, 0.2) is 5.16 Å². The van der Waals surface area contributed by atoms with Gasteiger partial charge in [-0.3, -0.25) is 9.59 Å². The van der Waals surface area contributed by atoms with Crippen LogP contribution in [0.1, 0.15) is 20.3 Å². The number of carboxylic acid groups (broad SMARTS) is 2. The number of hydrogen-bond donors (Lipinski definition) is 3. The van der Waals surface area contributed by atoms with E-state index in [-0.39, 0.29) is 24.3 Å². The summed E-state index contributed by atoms with van der Waals surface area (Å²) in [7, 11) is 3.04. The van der Waals surface area contributed by atoms with E-state index in [4.69, 9.17) is 19.8 Å². The number of aliphatic carboxylic acids is 2. The quantitative estimate of drug-likeness (QED) is 0.402. The summed E-state index contributed by atoms with van der Waals surface area (Å²) in [5, 5.41) is 22.1. The third-order valence-electron chi connectivity index (χ3n) is 2.88. The average molecular weight is 420 g/mol. The molecular weight excluding hydrogens is 401 g/mol. The zero-order valence-electron chi connectivity index (χ0n) is 13.9. The monoisotopic (exact) mass is 420 g/mol. The maximum atomic E-state index is 11.8. The van der Waals surface area contributed by atoms with Crippen LogP contribution in [-0.2, 0) is 19.2 Å². The fourth-order valence-corrected chi connectivity index (χ4v) is 3.21. The molecule has 0 unspecified atom stereocenters. The Morgan fingerprint density at radius 1 is 1.19 bits per heavy atom. The summed E-state index contributed by atoms with van der Waals surface area (Å²) < 4.78 is 31.7. The van der Waals surface area contributed by atoms with Gasteiger partial charge in [0.2, 0.25) is 0 Å². The molecule has 1 heterocycles. The number of nitrogens with one attached hydrogen (secondary N) is 1. The Morgan fingerprint density at radius 2 is 1.73 bits per heavy atom. The summed E-state index contributed by atoms with van der Waals surface area (Å²) in [4.78, 5) is 36.0. The first-order valence-corrected chi connectivity index (χ1v) is 9.73. The molecule has 1 aliphatic heterocycles. The number of halogens is 3. The number of oxime groups is 1. The van der Waals surface area contributed by atoms with E-state index < -0.39 is 18.1 Å². The number of nitrogens with zero attached hydrogens (tertiary/aromatic N) is 1. The molecule has 13 heteroatoms. The number of carbonyl (C=O) groups is 3. The van der Waals surface area contributed by atoms with Crippen molar-refractivity contribution in [3.8, 4) is 0 Å². The van der Waals surface area contributed by atoms with E-state index in [9.17, 15) is 22.8 Å². The summed E-state index contributed by atoms with van der Waals surface area (Å²) in [5.41, 5.74) is 0.441. The zero-order chi connectivity index (χ0) is 20.3. The van der Waals surface area contributed by atoms with Crippen LogP contribution in [0.2, 0.25) is 0 Å². The molecule has 0 aromatic rings. The third kappa shape index (κ3) is 10.4. The highest BCUT2D eigenvalue weighted by Gasteiger charge is 2.38. The molecule has 0 aromatic heterocycles. The zero-order valence-corrected chi connectivity index (χ0v) is 15.5. The number of amides is 1. The van der Waals surface area contributed by atoms with Crippen molar-refractivity contribution in [1.82, 2.24) is 5.32 Å². The molecule has 0 fully saturated rings. The van der Waals surface area contributed by atoms with Crippen LogP contribution >= 0.6 is 21.6 Å². The highest BCUT2D eigenvalue weighted by Crippen LogP contribution is 2.21. The smallest absolute Gasteiger partial charge is 0.481 e. The minimum absolute atomic E-state index is 0.0117. The van der Waals surface area contributed by atoms with Gasteiger partial charge in [0.05, 0.1) is 6.42 Å². The molecule has 0 radical (unpaired) electrons. The van der Waals surface area contributed by atoms with E-state index in [0.717, 1.165) is 5.75 Å². The molecule has 150 valence electrons. The molecule has 0 spiro atoms. The van der Waals surface area contributed by atoms with Gasteiger partial charge in [0, 0.05) is 24.0 Å². The summed E-state index contributed by atoms with van der Waals surface area (Å²) in [6.45, 7) is 4.32. The van der Waals surface area contributed by atoms with E-state index in [2.05, 4.69) is 10.5 Å². The SMILES string of the molecule is C[C@@H]1ON=C(C(=O)NCCSSCCC(=O)O)[C@H]1C.O=C(O)C(F)(F)F. The number of alkyl halides is 3. The van der Waals surface area contributed by atoms with Gasteiger partial charge in [-0.15, -0.1) is 0 Å². The van der Waals surface area contributed by atoms with Crippen LogP contribution in [0.25, 0.3) is 0 Å². The highest BCUT2D eigenvalue weighted by molar-refractivity contribution is 8.76. The maximum absolute atomic E-state index is 11.8. The Labute approximate surface area is 155 Å². The van der Waals surface area contributed by atoms with Crippen molar-refractivity contribution in [2.24, 2.45) is 11.1 Å². The molecule has 8 nitrogen and oxygen atoms in total. The molecule has 1 amide bonds. The van der Waals surface area contributed by atoms with Gasteiger partial charge < -0.3 is 20.4 Å². The summed E-state index contributed by atoms with van der Waals surface area (Å²) in [6.07, 6.45) is -4.98. The van der Waals surface area contributed by atoms with Gasteiger partial charge in [-0.1, -0.05) is 33.7 Å². The van der Waals surface area contributed by atoms with E-state index in [0.29, 0.717) is 18.0 Å². The Balaban J connectivity index is 0.000000758. The fraction of sp³-hybridized carbons (Fsp3) is 0.692. The van der Waals surface area contributed by atoms with Gasteiger partial charge >= 0.3 is 18.1 Å². The predicted octanol–water partition coefficient (Wildman–Crippen LogP) is 2.00. The molecule has 1 rings (SSSR count). The number of rotatable bonds is 8. The standard InChI is InChI=1S/C11H18N2O4S2.C2HF3O2/c1-7-8(2)17-13-10(7)11(16)12-4-6-19-18-5-3-9(14)15;3-2(4,5)1(6)7/h7-8H,3-6H2,1-2H3,(H,12,16)(H,14,15);(H,6,7)/t7-,8-;/m0./s1. The van der Waals surface area contributed by atoms with Crippen molar-refractivity contribution in [2.45, 2.75) is 32.5 Å². The van der Waals surface area contributed by atoms with Crippen LogP contribution in [0.3, 0.4) is 0 Å². The molecule has 0 saturated carbocycles. The third-order valence-corrected chi connectivity index (χ3v) is 5.29. The molecule has 1 aliphatic rings. The average Bonchev–Trinajstić information content (AvgIpc) is 2.85. The Kier molecular flexibility index (Phi) is 11.1. The van der Waals surface area contributed by atoms with Crippen molar-refractivity contribution in [3.63, 3.8) is 0 Å². The van der Waals surface area contributed by atoms with E-state index >= 15 is 0 Å². The second-order valence-corrected chi connectivity index (χ2v) is 7.62. The molecule has 26 heavy (non-hydrogen) atoms. The summed E-state index contributed by atoms with van der Waals surface area (Å²) in [6, 6.07) is 0. The van der Waals surface area contributed by atoms with Gasteiger partial charge in [-0.25, -0.2) is 4.79 Å². The van der Waals surface area contributed by atoms with Crippen molar-refractivity contribution in [3.05, 3.63) is 0 Å². The lowest BCUT2D eigenvalue weighted by Crippen LogP contribution is -2.36. The molecule has 0 saturated heterocycles. The van der Waals surface area contributed by atoms with Gasteiger partial charge in [-0.05, 0) is 6.92 Å².